The summed E-state index contributed by atoms with van der Waals surface area (Å²) < 4.78 is 28.5. The van der Waals surface area contributed by atoms with Crippen molar-refractivity contribution in [2.24, 2.45) is 16.8 Å². The molecule has 0 heterocycles. The van der Waals surface area contributed by atoms with Crippen molar-refractivity contribution in [3.63, 3.8) is 0 Å². The minimum absolute atomic E-state index is 0.00307. The number of carbonyl (C=O) groups excluding carboxylic acids is 1. The van der Waals surface area contributed by atoms with Crippen molar-refractivity contribution in [2.45, 2.75) is 10.6 Å². The summed E-state index contributed by atoms with van der Waals surface area (Å²) in [6.45, 7) is 0. The topological polar surface area (TPSA) is 128 Å². The van der Waals surface area contributed by atoms with Gasteiger partial charge in [0.05, 0.1) is 22.6 Å². The largest absolute Gasteiger partial charge is 0.465 e. The summed E-state index contributed by atoms with van der Waals surface area (Å²) >= 11 is 7.29. The molecule has 23 heavy (non-hydrogen) atoms. The van der Waals surface area contributed by atoms with Gasteiger partial charge >= 0.3 is 5.97 Å². The number of amidine groups is 1. The summed E-state index contributed by atoms with van der Waals surface area (Å²) in [5.74, 6) is 10.2. The Kier molecular flexibility index (Phi) is 6.69. The minimum atomic E-state index is -3.55. The van der Waals surface area contributed by atoms with E-state index in [4.69, 9.17) is 23.3 Å². The van der Waals surface area contributed by atoms with Gasteiger partial charge in [-0.25, -0.2) is 19.1 Å². The maximum Gasteiger partial charge on any atom is 0.339 e. The van der Waals surface area contributed by atoms with Crippen LogP contribution in [-0.2, 0) is 20.3 Å². The van der Waals surface area contributed by atoms with E-state index in [-0.39, 0.29) is 32.0 Å². The van der Waals surface area contributed by atoms with Crippen LogP contribution >= 0.6 is 23.4 Å². The zero-order valence-corrected chi connectivity index (χ0v) is 15.1. The molecule has 11 heteroatoms. The Morgan fingerprint density at radius 1 is 1.48 bits per heavy atom. The molecule has 1 rings (SSSR count). The van der Waals surface area contributed by atoms with Crippen LogP contribution in [0, 0.1) is 0 Å². The van der Waals surface area contributed by atoms with Crippen molar-refractivity contribution in [1.82, 2.24) is 5.01 Å². The first kappa shape index (κ1) is 19.6. The van der Waals surface area contributed by atoms with E-state index in [1.807, 2.05) is 0 Å². The highest BCUT2D eigenvalue weighted by atomic mass is 35.5. The van der Waals surface area contributed by atoms with E-state index in [0.29, 0.717) is 0 Å². The van der Waals surface area contributed by atoms with Gasteiger partial charge in [0.1, 0.15) is 0 Å². The number of methoxy groups -OCH3 is 1. The molecular formula is C12H17ClN4O4S2. The van der Waals surface area contributed by atoms with E-state index < -0.39 is 15.8 Å². The van der Waals surface area contributed by atoms with Crippen LogP contribution < -0.4 is 11.7 Å². The van der Waals surface area contributed by atoms with Gasteiger partial charge in [-0.05, 0) is 12.1 Å². The van der Waals surface area contributed by atoms with Crippen molar-refractivity contribution in [2.75, 3.05) is 20.4 Å². The lowest BCUT2D eigenvalue weighted by Gasteiger charge is -2.16. The van der Waals surface area contributed by atoms with Gasteiger partial charge in [-0.3, -0.25) is 5.01 Å². The number of hydrazone groups is 1. The van der Waals surface area contributed by atoms with E-state index in [0.717, 1.165) is 18.0 Å². The fourth-order valence-corrected chi connectivity index (χ4v) is 4.04. The van der Waals surface area contributed by atoms with Crippen molar-refractivity contribution in [3.05, 3.63) is 28.3 Å². The van der Waals surface area contributed by atoms with Crippen molar-refractivity contribution >= 4 is 44.3 Å². The van der Waals surface area contributed by atoms with Crippen LogP contribution in [0.2, 0.25) is 5.02 Å². The third-order valence-electron chi connectivity index (χ3n) is 2.76. The number of carbonyl (C=O) groups is 1. The maximum atomic E-state index is 11.9. The van der Waals surface area contributed by atoms with Crippen LogP contribution in [0.1, 0.15) is 15.9 Å². The Morgan fingerprint density at radius 3 is 2.52 bits per heavy atom. The first-order valence-corrected chi connectivity index (χ1v) is 9.37. The Morgan fingerprint density at radius 2 is 2.09 bits per heavy atom. The lowest BCUT2D eigenvalue weighted by atomic mass is 10.1. The molecule has 0 radical (unpaired) electrons. The molecule has 0 atom stereocenters. The number of hydrazine groups is 1. The van der Waals surface area contributed by atoms with Crippen LogP contribution in [0.4, 0.5) is 0 Å². The average Bonchev–Trinajstić information content (AvgIpc) is 2.46. The second kappa shape index (κ2) is 7.86. The number of sulfone groups is 1. The number of esters is 1. The summed E-state index contributed by atoms with van der Waals surface area (Å²) in [5.41, 5.74) is 0.328. The predicted octanol–water partition coefficient (Wildman–Crippen LogP) is 0.799. The molecule has 0 aliphatic rings. The predicted molar refractivity (Wildman–Crippen MR) is 90.8 cm³/mol. The molecule has 0 aromatic heterocycles. The highest BCUT2D eigenvalue weighted by Gasteiger charge is 2.22. The van der Waals surface area contributed by atoms with Gasteiger partial charge in [-0.2, -0.15) is 5.10 Å². The number of ether oxygens (including phenoxy) is 1. The molecular weight excluding hydrogens is 364 g/mol. The molecule has 128 valence electrons. The average molecular weight is 381 g/mol. The van der Waals surface area contributed by atoms with Crippen LogP contribution in [0.25, 0.3) is 0 Å². The van der Waals surface area contributed by atoms with Gasteiger partial charge in [-0.1, -0.05) is 23.4 Å². The van der Waals surface area contributed by atoms with Crippen molar-refractivity contribution in [3.8, 4) is 0 Å². The standard InChI is InChI=1S/C12H17ClN4O4S2/c1-17(15)12(16-14)22-6-8-9(23(3,19)20)5-4-7(10(8)13)11(18)21-2/h4-5H,6,14-15H2,1-3H3/b16-12+. The molecule has 0 aliphatic carbocycles. The Labute approximate surface area is 143 Å². The normalized spacial score (nSPS) is 12.1. The quantitative estimate of drug-likeness (QED) is 0.258. The van der Waals surface area contributed by atoms with E-state index in [9.17, 15) is 13.2 Å². The summed E-state index contributed by atoms with van der Waals surface area (Å²) in [7, 11) is -0.807. The fourth-order valence-electron chi connectivity index (χ4n) is 1.72. The summed E-state index contributed by atoms with van der Waals surface area (Å²) in [4.78, 5) is 11.7. The lowest BCUT2D eigenvalue weighted by Crippen LogP contribution is -2.32. The molecule has 1 aromatic carbocycles. The molecule has 4 N–H and O–H groups in total. The third-order valence-corrected chi connectivity index (χ3v) is 5.46. The van der Waals surface area contributed by atoms with Crippen LogP contribution in [-0.4, -0.2) is 45.0 Å². The number of hydrogen-bond acceptors (Lipinski definition) is 8. The van der Waals surface area contributed by atoms with Crippen LogP contribution in [0.15, 0.2) is 22.1 Å². The molecule has 0 saturated carbocycles. The number of nitrogens with two attached hydrogens (primary N) is 2. The second-order valence-electron chi connectivity index (χ2n) is 4.48. The lowest BCUT2D eigenvalue weighted by molar-refractivity contribution is 0.0600. The third kappa shape index (κ3) is 4.74. The number of nitrogens with zero attached hydrogens (tertiary/aromatic N) is 2. The molecule has 1 aromatic rings. The fraction of sp³-hybridized carbons (Fsp3) is 0.333. The Balaban J connectivity index is 3.38. The molecule has 0 unspecified atom stereocenters. The monoisotopic (exact) mass is 380 g/mol. The highest BCUT2D eigenvalue weighted by molar-refractivity contribution is 8.13. The number of thioether (sulfide) groups is 1. The SMILES string of the molecule is COC(=O)c1ccc(S(C)(=O)=O)c(CS/C(=N/N)N(C)N)c1Cl. The Bertz CT molecular complexity index is 735. The molecule has 0 saturated heterocycles. The highest BCUT2D eigenvalue weighted by Crippen LogP contribution is 2.32. The number of hydrogen-bond donors (Lipinski definition) is 2. The summed E-state index contributed by atoms with van der Waals surface area (Å²) in [6.07, 6.45) is 1.05. The van der Waals surface area contributed by atoms with Gasteiger partial charge in [0.15, 0.2) is 15.0 Å². The summed E-state index contributed by atoms with van der Waals surface area (Å²) in [6, 6.07) is 2.63. The summed E-state index contributed by atoms with van der Waals surface area (Å²) in [5, 5.41) is 4.95. The number of benzene rings is 1. The smallest absolute Gasteiger partial charge is 0.339 e. The zero-order chi connectivity index (χ0) is 17.8. The molecule has 8 nitrogen and oxygen atoms in total. The molecule has 0 bridgehead atoms. The number of rotatable bonds is 4. The maximum absolute atomic E-state index is 11.9. The van der Waals surface area contributed by atoms with E-state index in [1.54, 1.807) is 0 Å². The number of halogens is 1. The van der Waals surface area contributed by atoms with E-state index >= 15 is 0 Å². The van der Waals surface area contributed by atoms with Gasteiger partial charge in [0, 0.05) is 24.6 Å². The van der Waals surface area contributed by atoms with Crippen molar-refractivity contribution < 1.29 is 17.9 Å². The van der Waals surface area contributed by atoms with Gasteiger partial charge in [0.2, 0.25) is 0 Å². The second-order valence-corrected chi connectivity index (χ2v) is 7.78. The Hall–Kier alpha value is -1.49. The first-order chi connectivity index (χ1) is 10.6. The van der Waals surface area contributed by atoms with Gasteiger partial charge in [-0.15, -0.1) is 0 Å². The molecule has 0 fully saturated rings. The van der Waals surface area contributed by atoms with Crippen LogP contribution in [0.3, 0.4) is 0 Å². The van der Waals surface area contributed by atoms with E-state index in [2.05, 4.69) is 9.84 Å². The van der Waals surface area contributed by atoms with Gasteiger partial charge < -0.3 is 10.6 Å². The molecule has 0 spiro atoms. The molecule has 0 amide bonds. The molecule has 0 aliphatic heterocycles. The van der Waals surface area contributed by atoms with Gasteiger partial charge in [0.25, 0.3) is 0 Å². The van der Waals surface area contributed by atoms with Crippen molar-refractivity contribution in [1.29, 1.82) is 0 Å². The minimum Gasteiger partial charge on any atom is -0.465 e. The first-order valence-electron chi connectivity index (χ1n) is 6.12. The zero-order valence-electron chi connectivity index (χ0n) is 12.7. The van der Waals surface area contributed by atoms with Crippen LogP contribution in [0.5, 0.6) is 0 Å². The van der Waals surface area contributed by atoms with E-state index in [1.165, 1.54) is 31.3 Å².